The SMILES string of the molecule is Cc1cc(OCCNC(=O)Cc2nc(CC(=O)[O-])cs2)ccc1C(C)C. The van der Waals surface area contributed by atoms with E-state index in [1.165, 1.54) is 22.5 Å². The standard InChI is InChI=1S/C19H24N2O4S/c1-12(2)16-5-4-15(8-13(16)3)25-7-6-20-17(22)10-18-21-14(11-26-18)9-19(23)24/h4-5,8,11-12H,6-7,9-10H2,1-3H3,(H,20,22)(H,23,24)/p-1. The lowest BCUT2D eigenvalue weighted by atomic mass is 9.98. The second-order valence-corrected chi connectivity index (χ2v) is 7.27. The average molecular weight is 375 g/mol. The number of nitrogens with one attached hydrogen (secondary N) is 1. The van der Waals surface area contributed by atoms with E-state index in [-0.39, 0.29) is 18.7 Å². The Morgan fingerprint density at radius 3 is 2.73 bits per heavy atom. The van der Waals surface area contributed by atoms with Crippen LogP contribution in [0.25, 0.3) is 0 Å². The second kappa shape index (κ2) is 9.33. The largest absolute Gasteiger partial charge is 0.550 e. The van der Waals surface area contributed by atoms with Gasteiger partial charge < -0.3 is 20.0 Å². The first-order chi connectivity index (χ1) is 12.3. The quantitative estimate of drug-likeness (QED) is 0.672. The zero-order valence-electron chi connectivity index (χ0n) is 15.2. The van der Waals surface area contributed by atoms with E-state index in [2.05, 4.69) is 37.1 Å². The Labute approximate surface area is 157 Å². The molecule has 1 heterocycles. The summed E-state index contributed by atoms with van der Waals surface area (Å²) >= 11 is 1.27. The van der Waals surface area contributed by atoms with Gasteiger partial charge in [0.2, 0.25) is 5.91 Å². The number of carboxylic acid groups (broad SMARTS) is 1. The lowest BCUT2D eigenvalue weighted by Gasteiger charge is -2.12. The Morgan fingerprint density at radius 2 is 2.08 bits per heavy atom. The van der Waals surface area contributed by atoms with E-state index in [0.29, 0.717) is 29.8 Å². The van der Waals surface area contributed by atoms with Gasteiger partial charge in [0.15, 0.2) is 0 Å². The van der Waals surface area contributed by atoms with Gasteiger partial charge in [-0.05, 0) is 36.1 Å². The first kappa shape index (κ1) is 19.9. The summed E-state index contributed by atoms with van der Waals surface area (Å²) in [6, 6.07) is 6.02. The van der Waals surface area contributed by atoms with E-state index in [1.54, 1.807) is 5.38 Å². The molecule has 2 aromatic rings. The zero-order chi connectivity index (χ0) is 19.1. The molecule has 1 amide bonds. The maximum absolute atomic E-state index is 11.9. The van der Waals surface area contributed by atoms with E-state index in [0.717, 1.165) is 5.75 Å². The number of aliphatic carboxylic acids is 1. The fourth-order valence-corrected chi connectivity index (χ4v) is 3.40. The Balaban J connectivity index is 1.72. The first-order valence-electron chi connectivity index (χ1n) is 8.48. The number of carbonyl (C=O) groups is 2. The third-order valence-corrected chi connectivity index (χ3v) is 4.69. The maximum Gasteiger partial charge on any atom is 0.226 e. The van der Waals surface area contributed by atoms with Gasteiger partial charge in [0.25, 0.3) is 0 Å². The number of rotatable bonds is 9. The molecule has 0 aliphatic rings. The molecule has 0 atom stereocenters. The highest BCUT2D eigenvalue weighted by atomic mass is 32.1. The van der Waals surface area contributed by atoms with Gasteiger partial charge in [-0.25, -0.2) is 4.98 Å². The van der Waals surface area contributed by atoms with Crippen LogP contribution in [0.2, 0.25) is 0 Å². The van der Waals surface area contributed by atoms with Gasteiger partial charge in [0, 0.05) is 17.8 Å². The summed E-state index contributed by atoms with van der Waals surface area (Å²) in [6.07, 6.45) is -0.110. The topological polar surface area (TPSA) is 91.3 Å². The summed E-state index contributed by atoms with van der Waals surface area (Å²) in [7, 11) is 0. The summed E-state index contributed by atoms with van der Waals surface area (Å²) < 4.78 is 5.67. The van der Waals surface area contributed by atoms with E-state index in [9.17, 15) is 14.7 Å². The molecule has 0 radical (unpaired) electrons. The smallest absolute Gasteiger partial charge is 0.226 e. The van der Waals surface area contributed by atoms with Gasteiger partial charge >= 0.3 is 0 Å². The van der Waals surface area contributed by atoms with Crippen LogP contribution in [-0.4, -0.2) is 30.0 Å². The number of amides is 1. The van der Waals surface area contributed by atoms with E-state index < -0.39 is 5.97 Å². The number of aromatic nitrogens is 1. The molecular formula is C19H23N2O4S-. The third kappa shape index (κ3) is 6.15. The van der Waals surface area contributed by atoms with Gasteiger partial charge in [-0.1, -0.05) is 19.9 Å². The molecule has 1 aromatic carbocycles. The number of nitrogens with zero attached hydrogens (tertiary/aromatic N) is 1. The van der Waals surface area contributed by atoms with Crippen molar-refractivity contribution in [3.8, 4) is 5.75 Å². The molecule has 6 nitrogen and oxygen atoms in total. The monoisotopic (exact) mass is 375 g/mol. The number of ether oxygens (including phenoxy) is 1. The van der Waals surface area contributed by atoms with Crippen molar-refractivity contribution in [3.05, 3.63) is 45.4 Å². The number of thiazole rings is 1. The van der Waals surface area contributed by atoms with Crippen LogP contribution in [0, 0.1) is 6.92 Å². The van der Waals surface area contributed by atoms with E-state index in [4.69, 9.17) is 4.74 Å². The molecule has 2 rings (SSSR count). The van der Waals surface area contributed by atoms with Gasteiger partial charge in [0.05, 0.1) is 18.7 Å². The lowest BCUT2D eigenvalue weighted by molar-refractivity contribution is -0.304. The van der Waals surface area contributed by atoms with Crippen molar-refractivity contribution in [1.82, 2.24) is 10.3 Å². The van der Waals surface area contributed by atoms with Gasteiger partial charge in [-0.3, -0.25) is 4.79 Å². The summed E-state index contributed by atoms with van der Waals surface area (Å²) in [5.74, 6) is -0.0936. The molecule has 1 aromatic heterocycles. The molecule has 0 spiro atoms. The summed E-state index contributed by atoms with van der Waals surface area (Å²) in [6.45, 7) is 7.14. The summed E-state index contributed by atoms with van der Waals surface area (Å²) in [5.41, 5.74) is 2.91. The lowest BCUT2D eigenvalue weighted by Crippen LogP contribution is -2.29. The van der Waals surface area contributed by atoms with Gasteiger partial charge in [-0.15, -0.1) is 11.3 Å². The van der Waals surface area contributed by atoms with Crippen molar-refractivity contribution in [2.75, 3.05) is 13.2 Å². The van der Waals surface area contributed by atoms with Gasteiger partial charge in [0.1, 0.15) is 17.4 Å². The molecule has 0 saturated heterocycles. The van der Waals surface area contributed by atoms with Crippen molar-refractivity contribution >= 4 is 23.2 Å². The Kier molecular flexibility index (Phi) is 7.15. The predicted octanol–water partition coefficient (Wildman–Crippen LogP) is 1.61. The molecule has 0 aliphatic carbocycles. The molecule has 0 saturated carbocycles. The Morgan fingerprint density at radius 1 is 1.31 bits per heavy atom. The van der Waals surface area contributed by atoms with Crippen molar-refractivity contribution < 1.29 is 19.4 Å². The normalized spacial score (nSPS) is 10.8. The van der Waals surface area contributed by atoms with Crippen LogP contribution < -0.4 is 15.2 Å². The van der Waals surface area contributed by atoms with Crippen LogP contribution in [0.4, 0.5) is 0 Å². The number of hydrogen-bond donors (Lipinski definition) is 1. The van der Waals surface area contributed by atoms with Gasteiger partial charge in [-0.2, -0.15) is 0 Å². The van der Waals surface area contributed by atoms with Crippen LogP contribution in [0.3, 0.4) is 0 Å². The highest BCUT2D eigenvalue weighted by molar-refractivity contribution is 7.09. The Hall–Kier alpha value is -2.41. The van der Waals surface area contributed by atoms with E-state index in [1.807, 2.05) is 12.1 Å². The second-order valence-electron chi connectivity index (χ2n) is 6.33. The van der Waals surface area contributed by atoms with Crippen molar-refractivity contribution in [2.24, 2.45) is 0 Å². The highest BCUT2D eigenvalue weighted by Gasteiger charge is 2.08. The molecule has 0 aliphatic heterocycles. The number of hydrogen-bond acceptors (Lipinski definition) is 6. The van der Waals surface area contributed by atoms with Crippen LogP contribution in [0.1, 0.15) is 41.6 Å². The summed E-state index contributed by atoms with van der Waals surface area (Å²) in [4.78, 5) is 26.5. The van der Waals surface area contributed by atoms with Crippen LogP contribution in [0.5, 0.6) is 5.75 Å². The van der Waals surface area contributed by atoms with Crippen LogP contribution in [0.15, 0.2) is 23.6 Å². The molecular weight excluding hydrogens is 352 g/mol. The van der Waals surface area contributed by atoms with Crippen molar-refractivity contribution in [1.29, 1.82) is 0 Å². The van der Waals surface area contributed by atoms with Crippen molar-refractivity contribution in [3.63, 3.8) is 0 Å². The third-order valence-electron chi connectivity index (χ3n) is 3.79. The number of benzene rings is 1. The summed E-state index contributed by atoms with van der Waals surface area (Å²) in [5, 5.41) is 15.5. The van der Waals surface area contributed by atoms with E-state index >= 15 is 0 Å². The molecule has 7 heteroatoms. The minimum atomic E-state index is -1.18. The highest BCUT2D eigenvalue weighted by Crippen LogP contribution is 2.23. The Bertz CT molecular complexity index is 771. The zero-order valence-corrected chi connectivity index (χ0v) is 16.0. The molecule has 0 bridgehead atoms. The first-order valence-corrected chi connectivity index (χ1v) is 9.36. The number of carbonyl (C=O) groups excluding carboxylic acids is 2. The molecule has 0 unspecified atom stereocenters. The fourth-order valence-electron chi connectivity index (χ4n) is 2.60. The predicted molar refractivity (Wildman–Crippen MR) is 98.3 cm³/mol. The molecule has 140 valence electrons. The van der Waals surface area contributed by atoms with Crippen molar-refractivity contribution in [2.45, 2.75) is 39.5 Å². The van der Waals surface area contributed by atoms with Crippen LogP contribution in [-0.2, 0) is 22.4 Å². The van der Waals surface area contributed by atoms with Crippen LogP contribution >= 0.6 is 11.3 Å². The maximum atomic E-state index is 11.9. The number of carboxylic acids is 1. The average Bonchev–Trinajstić information content (AvgIpc) is 2.97. The minimum Gasteiger partial charge on any atom is -0.550 e. The number of aryl methyl sites for hydroxylation is 1. The molecule has 1 N–H and O–H groups in total. The fraction of sp³-hybridized carbons (Fsp3) is 0.421. The molecule has 26 heavy (non-hydrogen) atoms. The minimum absolute atomic E-state index is 0.125. The molecule has 0 fully saturated rings.